The van der Waals surface area contributed by atoms with Crippen LogP contribution >= 0.6 is 11.8 Å². The number of aryl methyl sites for hydroxylation is 1. The highest BCUT2D eigenvalue weighted by Gasteiger charge is 2.29. The van der Waals surface area contributed by atoms with E-state index >= 15 is 0 Å². The summed E-state index contributed by atoms with van der Waals surface area (Å²) >= 11 is 1.83. The molecule has 30 heavy (non-hydrogen) atoms. The van der Waals surface area contributed by atoms with Gasteiger partial charge in [0.2, 0.25) is 0 Å². The molecule has 4 heteroatoms. The number of fused-ring (bicyclic) bond motifs is 2. The molecule has 0 spiro atoms. The highest BCUT2D eigenvalue weighted by atomic mass is 32.2. The van der Waals surface area contributed by atoms with Crippen LogP contribution in [0.2, 0.25) is 0 Å². The zero-order chi connectivity index (χ0) is 20.3. The number of rotatable bonds is 3. The summed E-state index contributed by atoms with van der Waals surface area (Å²) in [5.74, 6) is 1.13. The van der Waals surface area contributed by atoms with E-state index in [1.807, 2.05) is 11.8 Å². The minimum absolute atomic E-state index is 0.528. The lowest BCUT2D eigenvalue weighted by Crippen LogP contribution is -2.53. The van der Waals surface area contributed by atoms with E-state index in [1.54, 1.807) is 0 Å². The number of amidine groups is 1. The number of likely N-dealkylation sites (N-methyl/N-ethyl adjacent to an activating group) is 1. The maximum atomic E-state index is 5.19. The van der Waals surface area contributed by atoms with Gasteiger partial charge in [0.25, 0.3) is 0 Å². The van der Waals surface area contributed by atoms with Crippen molar-refractivity contribution in [3.05, 3.63) is 90.0 Å². The molecule has 2 heterocycles. The Kier molecular flexibility index (Phi) is 5.60. The fourth-order valence-electron chi connectivity index (χ4n) is 4.34. The molecule has 0 N–H and O–H groups in total. The second-order valence-electron chi connectivity index (χ2n) is 8.11. The monoisotopic (exact) mass is 413 g/mol. The van der Waals surface area contributed by atoms with Gasteiger partial charge in [-0.05, 0) is 43.7 Å². The Morgan fingerprint density at radius 2 is 1.60 bits per heavy atom. The van der Waals surface area contributed by atoms with Gasteiger partial charge in [-0.1, -0.05) is 72.4 Å². The summed E-state index contributed by atoms with van der Waals surface area (Å²) < 4.78 is 0. The van der Waals surface area contributed by atoms with Gasteiger partial charge in [0.05, 0.1) is 5.69 Å². The second kappa shape index (κ2) is 8.66. The van der Waals surface area contributed by atoms with Gasteiger partial charge in [0.15, 0.2) is 0 Å². The van der Waals surface area contributed by atoms with Crippen LogP contribution in [0.25, 0.3) is 0 Å². The maximum absolute atomic E-state index is 5.19. The molecule has 1 atom stereocenters. The van der Waals surface area contributed by atoms with Crippen molar-refractivity contribution >= 4 is 23.3 Å². The summed E-state index contributed by atoms with van der Waals surface area (Å²) in [5.41, 5.74) is 3.75. The van der Waals surface area contributed by atoms with E-state index in [0.717, 1.165) is 44.0 Å². The van der Waals surface area contributed by atoms with E-state index < -0.39 is 0 Å². The van der Waals surface area contributed by atoms with Crippen molar-refractivity contribution in [3.63, 3.8) is 0 Å². The molecule has 3 nitrogen and oxygen atoms in total. The van der Waals surface area contributed by atoms with Gasteiger partial charge in [-0.15, -0.1) is 0 Å². The summed E-state index contributed by atoms with van der Waals surface area (Å²) in [6.45, 7) is 3.09. The molecule has 1 saturated heterocycles. The van der Waals surface area contributed by atoms with Crippen LogP contribution in [0.1, 0.15) is 17.5 Å². The first-order valence-electron chi connectivity index (χ1n) is 10.7. The van der Waals surface area contributed by atoms with Crippen molar-refractivity contribution in [2.24, 2.45) is 4.99 Å². The Labute approximate surface area is 183 Å². The molecule has 0 radical (unpaired) electrons. The number of aliphatic imine (C=N–C) groups is 1. The smallest absolute Gasteiger partial charge is 0.137 e. The minimum Gasteiger partial charge on any atom is -0.353 e. The van der Waals surface area contributed by atoms with Crippen LogP contribution in [-0.4, -0.2) is 48.4 Å². The third-order valence-electron chi connectivity index (χ3n) is 6.13. The van der Waals surface area contributed by atoms with Crippen LogP contribution in [0.5, 0.6) is 0 Å². The van der Waals surface area contributed by atoms with Gasteiger partial charge in [0, 0.05) is 41.0 Å². The minimum atomic E-state index is 0.528. The fourth-order valence-corrected chi connectivity index (χ4v) is 5.36. The van der Waals surface area contributed by atoms with E-state index in [1.165, 1.54) is 20.9 Å². The average molecular weight is 414 g/mol. The van der Waals surface area contributed by atoms with Gasteiger partial charge < -0.3 is 4.90 Å². The maximum Gasteiger partial charge on any atom is 0.137 e. The molecule has 0 amide bonds. The summed E-state index contributed by atoms with van der Waals surface area (Å²) in [5, 5.41) is 0. The Morgan fingerprint density at radius 3 is 2.47 bits per heavy atom. The lowest BCUT2D eigenvalue weighted by Gasteiger charge is -2.41. The molecule has 0 bridgehead atoms. The zero-order valence-electron chi connectivity index (χ0n) is 17.4. The average Bonchev–Trinajstić information content (AvgIpc) is 2.96. The number of piperazine rings is 1. The zero-order valence-corrected chi connectivity index (χ0v) is 18.2. The normalized spacial score (nSPS) is 18.9. The van der Waals surface area contributed by atoms with Crippen LogP contribution < -0.4 is 0 Å². The van der Waals surface area contributed by atoms with E-state index in [-0.39, 0.29) is 0 Å². The van der Waals surface area contributed by atoms with Crippen molar-refractivity contribution in [3.8, 4) is 0 Å². The molecular formula is C26H27N3S. The van der Waals surface area contributed by atoms with Crippen molar-refractivity contribution in [1.29, 1.82) is 0 Å². The van der Waals surface area contributed by atoms with Crippen molar-refractivity contribution in [2.45, 2.75) is 28.7 Å². The largest absolute Gasteiger partial charge is 0.353 e. The molecular weight excluding hydrogens is 386 g/mol. The molecule has 0 aromatic heterocycles. The van der Waals surface area contributed by atoms with E-state index in [9.17, 15) is 0 Å². The summed E-state index contributed by atoms with van der Waals surface area (Å²) in [4.78, 5) is 12.7. The number of hydrogen-bond donors (Lipinski definition) is 0. The molecule has 3 aromatic rings. The van der Waals surface area contributed by atoms with Gasteiger partial charge in [0.1, 0.15) is 5.84 Å². The predicted molar refractivity (Wildman–Crippen MR) is 126 cm³/mol. The van der Waals surface area contributed by atoms with Crippen LogP contribution in [-0.2, 0) is 6.42 Å². The standard InChI is InChI=1S/C26H27N3S/c1-28-17-18-29(19-21(28)16-15-20-9-3-2-4-10-20)26-22-11-5-7-13-24(22)30-25-14-8-6-12-23(25)27-26/h2-14,21H,15-19H2,1H3/t21-/m0/s1. The molecule has 0 saturated carbocycles. The number of para-hydroxylation sites is 1. The Balaban J connectivity index is 1.43. The Bertz CT molecular complexity index is 1050. The Morgan fingerprint density at radius 1 is 0.867 bits per heavy atom. The Hall–Kier alpha value is -2.56. The highest BCUT2D eigenvalue weighted by molar-refractivity contribution is 7.99. The summed E-state index contributed by atoms with van der Waals surface area (Å²) in [6, 6.07) is 28.6. The number of nitrogens with zero attached hydrogens (tertiary/aromatic N) is 3. The molecule has 152 valence electrons. The van der Waals surface area contributed by atoms with Crippen molar-refractivity contribution in [2.75, 3.05) is 26.7 Å². The first-order valence-corrected chi connectivity index (χ1v) is 11.5. The first kappa shape index (κ1) is 19.4. The first-order chi connectivity index (χ1) is 14.8. The van der Waals surface area contributed by atoms with E-state index in [0.29, 0.717) is 6.04 Å². The molecule has 2 aliphatic heterocycles. The van der Waals surface area contributed by atoms with Crippen molar-refractivity contribution in [1.82, 2.24) is 9.80 Å². The van der Waals surface area contributed by atoms with Crippen molar-refractivity contribution < 1.29 is 0 Å². The van der Waals surface area contributed by atoms with Crippen LogP contribution in [0.4, 0.5) is 5.69 Å². The molecule has 2 aliphatic rings. The van der Waals surface area contributed by atoms with Crippen LogP contribution in [0.15, 0.2) is 93.6 Å². The molecule has 0 unspecified atom stereocenters. The summed E-state index contributed by atoms with van der Waals surface area (Å²) in [6.07, 6.45) is 2.28. The lowest BCUT2D eigenvalue weighted by molar-refractivity contribution is 0.134. The summed E-state index contributed by atoms with van der Waals surface area (Å²) in [7, 11) is 2.26. The number of benzene rings is 3. The van der Waals surface area contributed by atoms with Gasteiger partial charge in [-0.2, -0.15) is 0 Å². The lowest BCUT2D eigenvalue weighted by atomic mass is 10.0. The topological polar surface area (TPSA) is 18.8 Å². The number of hydrogen-bond acceptors (Lipinski definition) is 4. The highest BCUT2D eigenvalue weighted by Crippen LogP contribution is 2.40. The van der Waals surface area contributed by atoms with E-state index in [2.05, 4.69) is 95.7 Å². The molecule has 3 aromatic carbocycles. The molecule has 0 aliphatic carbocycles. The third-order valence-corrected chi connectivity index (χ3v) is 7.27. The molecule has 5 rings (SSSR count). The predicted octanol–water partition coefficient (Wildman–Crippen LogP) is 5.48. The third kappa shape index (κ3) is 4.03. The fraction of sp³-hybridized carbons (Fsp3) is 0.269. The van der Waals surface area contributed by atoms with E-state index in [4.69, 9.17) is 4.99 Å². The van der Waals surface area contributed by atoms with Gasteiger partial charge >= 0.3 is 0 Å². The molecule has 1 fully saturated rings. The SMILES string of the molecule is CN1CCN(C2=Nc3ccccc3Sc3ccccc32)C[C@@H]1CCc1ccccc1. The van der Waals surface area contributed by atoms with Crippen LogP contribution in [0, 0.1) is 0 Å². The van der Waals surface area contributed by atoms with Gasteiger partial charge in [-0.25, -0.2) is 4.99 Å². The second-order valence-corrected chi connectivity index (χ2v) is 9.19. The quantitative estimate of drug-likeness (QED) is 0.567. The van der Waals surface area contributed by atoms with Crippen LogP contribution in [0.3, 0.4) is 0 Å². The van der Waals surface area contributed by atoms with Gasteiger partial charge in [-0.3, -0.25) is 4.90 Å².